The van der Waals surface area contributed by atoms with Crippen LogP contribution in [0.2, 0.25) is 0 Å². The first-order valence-electron chi connectivity index (χ1n) is 9.06. The van der Waals surface area contributed by atoms with Crippen LogP contribution in [0, 0.1) is 23.5 Å². The van der Waals surface area contributed by atoms with Gasteiger partial charge in [-0.1, -0.05) is 17.9 Å². The molecule has 0 radical (unpaired) electrons. The molecule has 0 bridgehead atoms. The molecular formula is C22H16F2N4O2. The van der Waals surface area contributed by atoms with Crippen LogP contribution in [0.1, 0.15) is 11.1 Å². The molecule has 0 unspecified atom stereocenters. The molecule has 0 amide bonds. The topological polar surface area (TPSA) is 61.8 Å². The van der Waals surface area contributed by atoms with Gasteiger partial charge < -0.3 is 4.57 Å². The minimum Gasteiger partial charge on any atom is -0.326 e. The average Bonchev–Trinajstić information content (AvgIpc) is 3.25. The van der Waals surface area contributed by atoms with Crippen molar-refractivity contribution in [1.82, 2.24) is 18.7 Å². The lowest BCUT2D eigenvalue weighted by molar-refractivity contribution is 0.506. The van der Waals surface area contributed by atoms with E-state index in [1.54, 1.807) is 44.0 Å². The highest BCUT2D eigenvalue weighted by atomic mass is 19.2. The molecule has 30 heavy (non-hydrogen) atoms. The first-order valence-corrected chi connectivity index (χ1v) is 9.06. The van der Waals surface area contributed by atoms with Gasteiger partial charge in [-0.05, 0) is 35.9 Å². The van der Waals surface area contributed by atoms with E-state index in [2.05, 4.69) is 16.8 Å². The maximum Gasteiger partial charge on any atom is 0.331 e. The third kappa shape index (κ3) is 3.65. The Morgan fingerprint density at radius 1 is 1.07 bits per heavy atom. The molecule has 0 saturated carbocycles. The van der Waals surface area contributed by atoms with Crippen molar-refractivity contribution in [1.29, 1.82) is 0 Å². The Kier molecular flexibility index (Phi) is 5.02. The second-order valence-corrected chi connectivity index (χ2v) is 6.75. The Balaban J connectivity index is 1.76. The zero-order valence-electron chi connectivity index (χ0n) is 16.0. The summed E-state index contributed by atoms with van der Waals surface area (Å²) in [6, 6.07) is 8.31. The number of rotatable bonds is 3. The molecule has 150 valence electrons. The first-order chi connectivity index (χ1) is 14.4. The van der Waals surface area contributed by atoms with Gasteiger partial charge in [0, 0.05) is 25.0 Å². The van der Waals surface area contributed by atoms with Gasteiger partial charge in [-0.2, -0.15) is 0 Å². The zero-order valence-corrected chi connectivity index (χ0v) is 16.0. The maximum atomic E-state index is 13.5. The summed E-state index contributed by atoms with van der Waals surface area (Å²) in [4.78, 5) is 29.6. The lowest BCUT2D eigenvalue weighted by Crippen LogP contribution is -2.39. The highest BCUT2D eigenvalue weighted by Gasteiger charge is 2.13. The predicted molar refractivity (Wildman–Crippen MR) is 108 cm³/mol. The van der Waals surface area contributed by atoms with Crippen LogP contribution < -0.4 is 11.2 Å². The summed E-state index contributed by atoms with van der Waals surface area (Å²) in [6.07, 6.45) is 5.11. The van der Waals surface area contributed by atoms with Crippen LogP contribution >= 0.6 is 0 Å². The van der Waals surface area contributed by atoms with Gasteiger partial charge in [0.05, 0.1) is 30.3 Å². The van der Waals surface area contributed by atoms with Crippen molar-refractivity contribution in [2.45, 2.75) is 13.1 Å². The fourth-order valence-corrected chi connectivity index (χ4v) is 3.17. The molecule has 0 aliphatic rings. The van der Waals surface area contributed by atoms with Crippen molar-refractivity contribution < 1.29 is 8.78 Å². The molecule has 0 fully saturated rings. The van der Waals surface area contributed by atoms with E-state index in [4.69, 9.17) is 0 Å². The van der Waals surface area contributed by atoms with E-state index < -0.39 is 22.9 Å². The SMILES string of the molecule is Cn1c(=O)n(Cc2ccc(F)c(F)c2)c(=O)c2cc(C#CCn3ccnc3)ccc21. The third-order valence-electron chi connectivity index (χ3n) is 4.73. The highest BCUT2D eigenvalue weighted by molar-refractivity contribution is 5.79. The van der Waals surface area contributed by atoms with Crippen LogP contribution in [0.4, 0.5) is 8.78 Å². The molecule has 0 saturated heterocycles. The highest BCUT2D eigenvalue weighted by Crippen LogP contribution is 2.12. The Morgan fingerprint density at radius 3 is 2.63 bits per heavy atom. The second kappa shape index (κ2) is 7.79. The Labute approximate surface area is 169 Å². The summed E-state index contributed by atoms with van der Waals surface area (Å²) in [5.74, 6) is 3.97. The van der Waals surface area contributed by atoms with E-state index in [9.17, 15) is 18.4 Å². The van der Waals surface area contributed by atoms with E-state index >= 15 is 0 Å². The number of aryl methyl sites for hydroxylation is 1. The average molecular weight is 406 g/mol. The van der Waals surface area contributed by atoms with Crippen molar-refractivity contribution in [3.8, 4) is 11.8 Å². The lowest BCUT2D eigenvalue weighted by Gasteiger charge is -2.11. The molecule has 2 heterocycles. The van der Waals surface area contributed by atoms with Gasteiger partial charge in [-0.3, -0.25) is 13.9 Å². The predicted octanol–water partition coefficient (Wildman–Crippen LogP) is 2.27. The Hall–Kier alpha value is -3.99. The van der Waals surface area contributed by atoms with E-state index in [1.165, 1.54) is 10.6 Å². The van der Waals surface area contributed by atoms with Gasteiger partial charge >= 0.3 is 5.69 Å². The van der Waals surface area contributed by atoms with Crippen LogP contribution in [0.15, 0.2) is 64.7 Å². The van der Waals surface area contributed by atoms with E-state index in [0.29, 0.717) is 28.6 Å². The van der Waals surface area contributed by atoms with Gasteiger partial charge in [0.1, 0.15) is 0 Å². The van der Waals surface area contributed by atoms with Gasteiger partial charge in [0.2, 0.25) is 0 Å². The number of aromatic nitrogens is 4. The second-order valence-electron chi connectivity index (χ2n) is 6.75. The number of fused-ring (bicyclic) bond motifs is 1. The van der Waals surface area contributed by atoms with Crippen LogP contribution in [-0.4, -0.2) is 18.7 Å². The summed E-state index contributed by atoms with van der Waals surface area (Å²) in [6.45, 7) is 0.279. The van der Waals surface area contributed by atoms with Crippen LogP contribution in [0.25, 0.3) is 10.9 Å². The van der Waals surface area contributed by atoms with E-state index in [-0.39, 0.29) is 6.54 Å². The first kappa shape index (κ1) is 19.3. The molecule has 0 N–H and O–H groups in total. The van der Waals surface area contributed by atoms with Gasteiger partial charge in [0.25, 0.3) is 5.56 Å². The minimum absolute atomic E-state index is 0.171. The largest absolute Gasteiger partial charge is 0.331 e. The normalized spacial score (nSPS) is 10.8. The number of hydrogen-bond acceptors (Lipinski definition) is 3. The molecule has 8 heteroatoms. The Morgan fingerprint density at radius 2 is 1.90 bits per heavy atom. The number of benzene rings is 2. The lowest BCUT2D eigenvalue weighted by atomic mass is 10.1. The van der Waals surface area contributed by atoms with Gasteiger partial charge in [-0.15, -0.1) is 0 Å². The molecule has 6 nitrogen and oxygen atoms in total. The van der Waals surface area contributed by atoms with Crippen molar-refractivity contribution in [2.24, 2.45) is 7.05 Å². The van der Waals surface area contributed by atoms with Crippen molar-refractivity contribution in [2.75, 3.05) is 0 Å². The number of halogens is 2. The fourth-order valence-electron chi connectivity index (χ4n) is 3.17. The molecule has 2 aromatic heterocycles. The van der Waals surface area contributed by atoms with Crippen molar-refractivity contribution >= 4 is 10.9 Å². The van der Waals surface area contributed by atoms with Crippen LogP contribution in [0.5, 0.6) is 0 Å². The van der Waals surface area contributed by atoms with Crippen molar-refractivity contribution in [3.63, 3.8) is 0 Å². The Bertz CT molecular complexity index is 1420. The zero-order chi connectivity index (χ0) is 21.3. The van der Waals surface area contributed by atoms with Crippen LogP contribution in [-0.2, 0) is 20.1 Å². The fraction of sp³-hybridized carbons (Fsp3) is 0.136. The van der Waals surface area contributed by atoms with Crippen LogP contribution in [0.3, 0.4) is 0 Å². The third-order valence-corrected chi connectivity index (χ3v) is 4.73. The molecule has 4 aromatic rings. The molecule has 0 aliphatic heterocycles. The quantitative estimate of drug-likeness (QED) is 0.491. The molecule has 2 aromatic carbocycles. The van der Waals surface area contributed by atoms with Gasteiger partial charge in [-0.25, -0.2) is 18.6 Å². The summed E-state index contributed by atoms with van der Waals surface area (Å²) >= 11 is 0. The molecule has 0 aliphatic carbocycles. The maximum absolute atomic E-state index is 13.5. The summed E-state index contributed by atoms with van der Waals surface area (Å²) in [7, 11) is 1.55. The summed E-state index contributed by atoms with van der Waals surface area (Å²) in [5.41, 5.74) is 0.334. The standard InChI is InChI=1S/C22H16F2N4O2/c1-26-20-7-5-15(3-2-9-27-10-8-25-14-27)11-17(20)21(29)28(22(26)30)13-16-4-6-18(23)19(24)12-16/h4-8,10-12,14H,9,13H2,1H3. The molecule has 0 atom stereocenters. The molecular weight excluding hydrogens is 390 g/mol. The minimum atomic E-state index is -1.03. The van der Waals surface area contributed by atoms with E-state index in [0.717, 1.165) is 16.7 Å². The molecule has 4 rings (SSSR count). The number of hydrogen-bond donors (Lipinski definition) is 0. The van der Waals surface area contributed by atoms with E-state index in [1.807, 2.05) is 4.57 Å². The monoisotopic (exact) mass is 406 g/mol. The number of imidazole rings is 1. The van der Waals surface area contributed by atoms with Gasteiger partial charge in [0.15, 0.2) is 11.6 Å². The van der Waals surface area contributed by atoms with Crippen molar-refractivity contribution in [3.05, 3.63) is 98.7 Å². The molecule has 0 spiro atoms. The summed E-state index contributed by atoms with van der Waals surface area (Å²) in [5, 5.41) is 0.314. The summed E-state index contributed by atoms with van der Waals surface area (Å²) < 4.78 is 30.9. The number of nitrogens with zero attached hydrogens (tertiary/aromatic N) is 4. The smallest absolute Gasteiger partial charge is 0.326 e.